The van der Waals surface area contributed by atoms with Crippen molar-refractivity contribution >= 4 is 32.7 Å². The number of benzene rings is 1. The molecular weight excluding hydrogens is 325 g/mol. The maximum absolute atomic E-state index is 12.3. The maximum atomic E-state index is 12.3. The smallest absolute Gasteiger partial charge is 0.497 e. The number of methoxy groups -OCH3 is 1. The van der Waals surface area contributed by atoms with Gasteiger partial charge in [0.15, 0.2) is 0 Å². The topological polar surface area (TPSA) is 65.7 Å². The minimum Gasteiger partial charge on any atom is -0.497 e. The van der Waals surface area contributed by atoms with E-state index in [1.165, 1.54) is 25.3 Å². The molecule has 2 rings (SSSR count). The monoisotopic (exact) mass is 330 g/mol. The molecule has 0 radical (unpaired) electrons. The van der Waals surface area contributed by atoms with Crippen LogP contribution in [0.15, 0.2) is 22.6 Å². The number of halogens is 4. The number of fused-ring (bicyclic) bond motifs is 1. The van der Waals surface area contributed by atoms with E-state index in [9.17, 15) is 21.6 Å². The SMILES string of the molecule is COc1ccc2oc(Cl)c(OS(=O)(=O)C(F)(F)F)c2c1. The van der Waals surface area contributed by atoms with Gasteiger partial charge in [-0.15, -0.1) is 0 Å². The van der Waals surface area contributed by atoms with Crippen LogP contribution in [0.3, 0.4) is 0 Å². The molecule has 0 atom stereocenters. The van der Waals surface area contributed by atoms with Crippen molar-refractivity contribution in [3.05, 3.63) is 23.4 Å². The average Bonchev–Trinajstić information content (AvgIpc) is 2.63. The minimum absolute atomic E-state index is 0.0535. The standard InChI is InChI=1S/C10H6ClF3O5S/c1-17-5-2-3-7-6(4-5)8(9(11)18-7)19-20(15,16)10(12,13)14/h2-4H,1H3. The third-order valence-electron chi connectivity index (χ3n) is 2.29. The summed E-state index contributed by atoms with van der Waals surface area (Å²) in [5, 5.41) is -0.664. The van der Waals surface area contributed by atoms with Gasteiger partial charge in [0.25, 0.3) is 0 Å². The van der Waals surface area contributed by atoms with Gasteiger partial charge in [0.2, 0.25) is 11.0 Å². The van der Waals surface area contributed by atoms with E-state index in [1.807, 2.05) is 0 Å². The van der Waals surface area contributed by atoms with Gasteiger partial charge in [0.05, 0.1) is 12.5 Å². The molecule has 0 aliphatic carbocycles. The first-order valence-corrected chi connectivity index (χ1v) is 6.71. The molecule has 1 heterocycles. The van der Waals surface area contributed by atoms with Crippen LogP contribution < -0.4 is 8.92 Å². The highest BCUT2D eigenvalue weighted by Gasteiger charge is 2.49. The summed E-state index contributed by atoms with van der Waals surface area (Å²) in [5.41, 5.74) is -5.51. The lowest BCUT2D eigenvalue weighted by Gasteiger charge is -2.08. The van der Waals surface area contributed by atoms with Crippen molar-refractivity contribution in [2.45, 2.75) is 5.51 Å². The van der Waals surface area contributed by atoms with Crippen LogP contribution >= 0.6 is 11.6 Å². The van der Waals surface area contributed by atoms with E-state index in [2.05, 4.69) is 4.18 Å². The number of alkyl halides is 3. The Bertz CT molecular complexity index is 750. The van der Waals surface area contributed by atoms with Crippen molar-refractivity contribution < 1.29 is 34.9 Å². The molecule has 20 heavy (non-hydrogen) atoms. The first kappa shape index (κ1) is 14.8. The van der Waals surface area contributed by atoms with Crippen LogP contribution in [0.1, 0.15) is 0 Å². The van der Waals surface area contributed by atoms with Gasteiger partial charge in [-0.3, -0.25) is 0 Å². The van der Waals surface area contributed by atoms with Gasteiger partial charge < -0.3 is 13.3 Å². The van der Waals surface area contributed by atoms with Gasteiger partial charge in [0.1, 0.15) is 11.3 Å². The molecule has 1 aromatic carbocycles. The number of hydrogen-bond donors (Lipinski definition) is 0. The fraction of sp³-hybridized carbons (Fsp3) is 0.200. The zero-order valence-corrected chi connectivity index (χ0v) is 11.3. The van der Waals surface area contributed by atoms with Gasteiger partial charge in [-0.2, -0.15) is 21.6 Å². The van der Waals surface area contributed by atoms with Crippen LogP contribution in [0, 0.1) is 0 Å². The maximum Gasteiger partial charge on any atom is 0.534 e. The molecule has 0 saturated carbocycles. The Labute approximate surface area is 115 Å². The van der Waals surface area contributed by atoms with Gasteiger partial charge in [-0.05, 0) is 29.8 Å². The molecule has 0 saturated heterocycles. The van der Waals surface area contributed by atoms with Crippen molar-refractivity contribution in [3.8, 4) is 11.5 Å². The van der Waals surface area contributed by atoms with E-state index < -0.39 is 26.6 Å². The lowest BCUT2D eigenvalue weighted by molar-refractivity contribution is -0.0499. The van der Waals surface area contributed by atoms with Crippen LogP contribution in [0.2, 0.25) is 5.22 Å². The predicted molar refractivity (Wildman–Crippen MR) is 63.4 cm³/mol. The lowest BCUT2D eigenvalue weighted by atomic mass is 10.2. The van der Waals surface area contributed by atoms with Crippen molar-refractivity contribution in [3.63, 3.8) is 0 Å². The highest BCUT2D eigenvalue weighted by molar-refractivity contribution is 7.88. The number of hydrogen-bond acceptors (Lipinski definition) is 5. The molecule has 0 aliphatic heterocycles. The molecule has 0 amide bonds. The summed E-state index contributed by atoms with van der Waals surface area (Å²) >= 11 is 5.56. The molecule has 1 aromatic heterocycles. The second kappa shape index (κ2) is 4.74. The minimum atomic E-state index is -5.84. The fourth-order valence-corrected chi connectivity index (χ4v) is 2.13. The zero-order chi connectivity index (χ0) is 15.1. The zero-order valence-electron chi connectivity index (χ0n) is 9.69. The molecule has 0 fully saturated rings. The third-order valence-corrected chi connectivity index (χ3v) is 3.49. The fourth-order valence-electron chi connectivity index (χ4n) is 1.39. The highest BCUT2D eigenvalue weighted by Crippen LogP contribution is 2.41. The number of furan rings is 1. The molecule has 2 aromatic rings. The molecule has 0 spiro atoms. The average molecular weight is 331 g/mol. The van der Waals surface area contributed by atoms with Crippen LogP contribution in [0.25, 0.3) is 11.0 Å². The Kier molecular flexibility index (Phi) is 3.51. The Balaban J connectivity index is 2.57. The molecule has 0 N–H and O–H groups in total. The molecule has 10 heteroatoms. The second-order valence-electron chi connectivity index (χ2n) is 3.55. The Hall–Kier alpha value is -1.61. The quantitative estimate of drug-likeness (QED) is 0.638. The van der Waals surface area contributed by atoms with E-state index in [0.29, 0.717) is 0 Å². The third kappa shape index (κ3) is 2.50. The number of rotatable bonds is 3. The van der Waals surface area contributed by atoms with Crippen LogP contribution in [0.5, 0.6) is 11.5 Å². The van der Waals surface area contributed by atoms with Gasteiger partial charge >= 0.3 is 15.6 Å². The Morgan fingerprint density at radius 2 is 1.95 bits per heavy atom. The van der Waals surface area contributed by atoms with Crippen LogP contribution in [-0.4, -0.2) is 21.0 Å². The molecule has 110 valence electrons. The lowest BCUT2D eigenvalue weighted by Crippen LogP contribution is -2.28. The second-order valence-corrected chi connectivity index (χ2v) is 5.43. The van der Waals surface area contributed by atoms with E-state index >= 15 is 0 Å². The van der Waals surface area contributed by atoms with E-state index in [1.54, 1.807) is 0 Å². The summed E-state index contributed by atoms with van der Waals surface area (Å²) in [4.78, 5) is 0. The normalized spacial score (nSPS) is 12.7. The van der Waals surface area contributed by atoms with Crippen LogP contribution in [0.4, 0.5) is 13.2 Å². The molecule has 5 nitrogen and oxygen atoms in total. The van der Waals surface area contributed by atoms with Gasteiger partial charge in [-0.1, -0.05) is 0 Å². The first-order chi connectivity index (χ1) is 9.15. The van der Waals surface area contributed by atoms with E-state index in [0.717, 1.165) is 0 Å². The summed E-state index contributed by atoms with van der Waals surface area (Å²) in [6, 6.07) is 4.06. The van der Waals surface area contributed by atoms with Crippen molar-refractivity contribution in [2.24, 2.45) is 0 Å². The largest absolute Gasteiger partial charge is 0.534 e. The molecule has 0 unspecified atom stereocenters. The van der Waals surface area contributed by atoms with E-state index in [4.69, 9.17) is 20.8 Å². The van der Waals surface area contributed by atoms with Crippen LogP contribution in [-0.2, 0) is 10.1 Å². The van der Waals surface area contributed by atoms with Crippen molar-refractivity contribution in [1.82, 2.24) is 0 Å². The number of ether oxygens (including phenoxy) is 1. The highest BCUT2D eigenvalue weighted by atomic mass is 35.5. The summed E-state index contributed by atoms with van der Waals surface area (Å²) in [6.45, 7) is 0. The Morgan fingerprint density at radius 1 is 1.30 bits per heavy atom. The summed E-state index contributed by atoms with van der Waals surface area (Å²) < 4.78 is 72.7. The first-order valence-electron chi connectivity index (χ1n) is 4.92. The van der Waals surface area contributed by atoms with Gasteiger partial charge in [0, 0.05) is 0 Å². The van der Waals surface area contributed by atoms with E-state index in [-0.39, 0.29) is 16.7 Å². The van der Waals surface area contributed by atoms with Crippen molar-refractivity contribution in [1.29, 1.82) is 0 Å². The molecule has 0 bridgehead atoms. The molecular formula is C10H6ClF3O5S. The summed E-state index contributed by atoms with van der Waals surface area (Å²) in [6.07, 6.45) is 0. The Morgan fingerprint density at radius 3 is 2.50 bits per heavy atom. The predicted octanol–water partition coefficient (Wildman–Crippen LogP) is 3.32. The summed E-state index contributed by atoms with van der Waals surface area (Å²) in [7, 11) is -4.51. The molecule has 0 aliphatic rings. The van der Waals surface area contributed by atoms with Gasteiger partial charge in [-0.25, -0.2) is 0 Å². The summed E-state index contributed by atoms with van der Waals surface area (Å²) in [5.74, 6) is -0.470. The van der Waals surface area contributed by atoms with Crippen molar-refractivity contribution in [2.75, 3.05) is 7.11 Å².